The molecule has 3 unspecified atom stereocenters. The number of nitro groups is 1. The van der Waals surface area contributed by atoms with Gasteiger partial charge in [0.25, 0.3) is 5.69 Å². The largest absolute Gasteiger partial charge is 0.334 e. The van der Waals surface area contributed by atoms with E-state index < -0.39 is 0 Å². The molecule has 1 heterocycles. The second kappa shape index (κ2) is 4.41. The molecule has 5 heteroatoms. The van der Waals surface area contributed by atoms with Gasteiger partial charge in [-0.3, -0.25) is 14.9 Å². The molecule has 0 spiro atoms. The molecule has 21 heavy (non-hydrogen) atoms. The van der Waals surface area contributed by atoms with Crippen molar-refractivity contribution in [2.45, 2.75) is 25.9 Å². The van der Waals surface area contributed by atoms with E-state index in [1.165, 1.54) is 6.07 Å². The van der Waals surface area contributed by atoms with E-state index in [2.05, 4.69) is 12.2 Å². The second-order valence-corrected chi connectivity index (χ2v) is 6.29. The number of carbonyl (C=O) groups excluding carboxylic acids is 1. The van der Waals surface area contributed by atoms with Crippen molar-refractivity contribution in [3.63, 3.8) is 0 Å². The van der Waals surface area contributed by atoms with Crippen LogP contribution in [0.2, 0.25) is 0 Å². The molecule has 1 aromatic carbocycles. The Kier molecular flexibility index (Phi) is 2.64. The van der Waals surface area contributed by atoms with Crippen LogP contribution in [0.3, 0.4) is 0 Å². The summed E-state index contributed by atoms with van der Waals surface area (Å²) in [5.41, 5.74) is 2.05. The Bertz CT molecular complexity index is 667. The molecule has 1 amide bonds. The van der Waals surface area contributed by atoms with Crippen molar-refractivity contribution < 1.29 is 9.72 Å². The molecule has 5 nitrogen and oxygen atoms in total. The molecule has 2 aliphatic carbocycles. The maximum atomic E-state index is 12.7. The number of carbonyl (C=O) groups is 1. The molecule has 1 aliphatic heterocycles. The van der Waals surface area contributed by atoms with Gasteiger partial charge in [-0.25, -0.2) is 0 Å². The standard InChI is InChI=1S/C16H16N2O3/c19-16(15-6-10-1-2-11(15)5-10)17-8-12-3-4-14(18(20)21)7-13(12)9-17/h1-4,7,10-11,15H,5-6,8-9H2. The van der Waals surface area contributed by atoms with Crippen molar-refractivity contribution in [1.82, 2.24) is 4.90 Å². The summed E-state index contributed by atoms with van der Waals surface area (Å²) in [5.74, 6) is 1.31. The summed E-state index contributed by atoms with van der Waals surface area (Å²) in [4.78, 5) is 25.0. The summed E-state index contributed by atoms with van der Waals surface area (Å²) >= 11 is 0. The van der Waals surface area contributed by atoms with E-state index in [9.17, 15) is 14.9 Å². The summed E-state index contributed by atoms with van der Waals surface area (Å²) in [6.07, 6.45) is 6.50. The lowest BCUT2D eigenvalue weighted by atomic mass is 9.92. The van der Waals surface area contributed by atoms with Crippen molar-refractivity contribution in [2.75, 3.05) is 0 Å². The normalized spacial score (nSPS) is 29.0. The Balaban J connectivity index is 1.53. The van der Waals surface area contributed by atoms with E-state index in [4.69, 9.17) is 0 Å². The van der Waals surface area contributed by atoms with Crippen LogP contribution < -0.4 is 0 Å². The van der Waals surface area contributed by atoms with Crippen LogP contribution in [0.5, 0.6) is 0 Å². The third-order valence-electron chi connectivity index (χ3n) is 5.03. The highest BCUT2D eigenvalue weighted by Crippen LogP contribution is 2.45. The van der Waals surface area contributed by atoms with Crippen molar-refractivity contribution in [3.05, 3.63) is 51.6 Å². The number of hydrogen-bond donors (Lipinski definition) is 0. The van der Waals surface area contributed by atoms with Crippen LogP contribution in [0.15, 0.2) is 30.4 Å². The molecular weight excluding hydrogens is 268 g/mol. The Labute approximate surface area is 122 Å². The fraction of sp³-hybridized carbons (Fsp3) is 0.438. The zero-order valence-electron chi connectivity index (χ0n) is 11.6. The number of nitro benzene ring substituents is 1. The average molecular weight is 284 g/mol. The van der Waals surface area contributed by atoms with Crippen LogP contribution in [0.4, 0.5) is 5.69 Å². The van der Waals surface area contributed by atoms with Crippen LogP contribution in [-0.2, 0) is 17.9 Å². The van der Waals surface area contributed by atoms with Gasteiger partial charge in [0.1, 0.15) is 0 Å². The fourth-order valence-electron chi connectivity index (χ4n) is 3.95. The van der Waals surface area contributed by atoms with Gasteiger partial charge in [-0.1, -0.05) is 18.2 Å². The Hall–Kier alpha value is -2.17. The molecule has 3 atom stereocenters. The summed E-state index contributed by atoms with van der Waals surface area (Å²) in [7, 11) is 0. The SMILES string of the molecule is O=C(C1CC2C=CC1C2)N1Cc2ccc([N+](=O)[O-])cc2C1. The van der Waals surface area contributed by atoms with Crippen molar-refractivity contribution in [3.8, 4) is 0 Å². The summed E-state index contributed by atoms with van der Waals surface area (Å²) < 4.78 is 0. The first kappa shape index (κ1) is 12.6. The predicted molar refractivity (Wildman–Crippen MR) is 76.2 cm³/mol. The molecule has 1 saturated carbocycles. The summed E-state index contributed by atoms with van der Waals surface area (Å²) in [6, 6.07) is 4.90. The van der Waals surface area contributed by atoms with Gasteiger partial charge < -0.3 is 4.90 Å². The second-order valence-electron chi connectivity index (χ2n) is 6.29. The van der Waals surface area contributed by atoms with E-state index >= 15 is 0 Å². The van der Waals surface area contributed by atoms with E-state index in [1.54, 1.807) is 12.1 Å². The van der Waals surface area contributed by atoms with Gasteiger partial charge >= 0.3 is 0 Å². The number of allylic oxidation sites excluding steroid dienone is 2. The minimum atomic E-state index is -0.383. The first-order chi connectivity index (χ1) is 10.1. The quantitative estimate of drug-likeness (QED) is 0.476. The molecule has 1 aromatic rings. The highest BCUT2D eigenvalue weighted by atomic mass is 16.6. The number of amides is 1. The number of nitrogens with zero attached hydrogens (tertiary/aromatic N) is 2. The first-order valence-corrected chi connectivity index (χ1v) is 7.35. The lowest BCUT2D eigenvalue weighted by Gasteiger charge is -2.24. The van der Waals surface area contributed by atoms with E-state index in [0.29, 0.717) is 24.9 Å². The topological polar surface area (TPSA) is 63.5 Å². The minimum Gasteiger partial charge on any atom is -0.334 e. The fourth-order valence-corrected chi connectivity index (χ4v) is 3.95. The zero-order chi connectivity index (χ0) is 14.6. The molecule has 1 fully saturated rings. The van der Waals surface area contributed by atoms with Gasteiger partial charge in [0, 0.05) is 31.1 Å². The van der Waals surface area contributed by atoms with Crippen LogP contribution in [0.1, 0.15) is 24.0 Å². The Morgan fingerprint density at radius 1 is 1.19 bits per heavy atom. The lowest BCUT2D eigenvalue weighted by Crippen LogP contribution is -2.33. The van der Waals surface area contributed by atoms with Crippen LogP contribution >= 0.6 is 0 Å². The molecule has 3 aliphatic rings. The number of hydrogen-bond acceptors (Lipinski definition) is 3. The van der Waals surface area contributed by atoms with Crippen molar-refractivity contribution >= 4 is 11.6 Å². The monoisotopic (exact) mass is 284 g/mol. The third-order valence-corrected chi connectivity index (χ3v) is 5.03. The van der Waals surface area contributed by atoms with Gasteiger partial charge in [-0.05, 0) is 35.8 Å². The molecule has 0 saturated heterocycles. The molecule has 4 rings (SSSR count). The average Bonchev–Trinajstić information content (AvgIpc) is 3.19. The van der Waals surface area contributed by atoms with Crippen LogP contribution in [0.25, 0.3) is 0 Å². The van der Waals surface area contributed by atoms with E-state index in [-0.39, 0.29) is 22.4 Å². The zero-order valence-corrected chi connectivity index (χ0v) is 11.6. The van der Waals surface area contributed by atoms with Gasteiger partial charge in [0.15, 0.2) is 0 Å². The highest BCUT2D eigenvalue weighted by molar-refractivity contribution is 5.81. The molecule has 0 radical (unpaired) electrons. The number of benzene rings is 1. The minimum absolute atomic E-state index is 0.103. The lowest BCUT2D eigenvalue weighted by molar-refractivity contribution is -0.384. The van der Waals surface area contributed by atoms with Gasteiger partial charge in [0.05, 0.1) is 4.92 Å². The Morgan fingerprint density at radius 2 is 2.00 bits per heavy atom. The maximum absolute atomic E-state index is 12.7. The van der Waals surface area contributed by atoms with E-state index in [0.717, 1.165) is 24.0 Å². The molecular formula is C16H16N2O3. The van der Waals surface area contributed by atoms with Gasteiger partial charge in [0.2, 0.25) is 5.91 Å². The van der Waals surface area contributed by atoms with Crippen molar-refractivity contribution in [1.29, 1.82) is 0 Å². The highest BCUT2D eigenvalue weighted by Gasteiger charge is 2.42. The van der Waals surface area contributed by atoms with E-state index in [1.807, 2.05) is 4.90 Å². The van der Waals surface area contributed by atoms with Crippen LogP contribution in [-0.4, -0.2) is 15.7 Å². The number of rotatable bonds is 2. The molecule has 0 aromatic heterocycles. The van der Waals surface area contributed by atoms with Gasteiger partial charge in [-0.15, -0.1) is 0 Å². The smallest absolute Gasteiger partial charge is 0.269 e. The predicted octanol–water partition coefficient (Wildman–Crippen LogP) is 2.65. The molecule has 0 N–H and O–H groups in total. The Morgan fingerprint density at radius 3 is 2.67 bits per heavy atom. The third kappa shape index (κ3) is 1.95. The molecule has 2 bridgehead atoms. The number of fused-ring (bicyclic) bond motifs is 3. The number of non-ortho nitro benzene ring substituents is 1. The van der Waals surface area contributed by atoms with Gasteiger partial charge in [-0.2, -0.15) is 0 Å². The first-order valence-electron chi connectivity index (χ1n) is 7.35. The summed E-state index contributed by atoms with van der Waals surface area (Å²) in [6.45, 7) is 1.09. The molecule has 108 valence electrons. The van der Waals surface area contributed by atoms with Crippen molar-refractivity contribution in [2.24, 2.45) is 17.8 Å². The summed E-state index contributed by atoms with van der Waals surface area (Å²) in [5, 5.41) is 10.8. The maximum Gasteiger partial charge on any atom is 0.269 e. The van der Waals surface area contributed by atoms with Crippen LogP contribution in [0, 0.1) is 27.9 Å².